The van der Waals surface area contributed by atoms with Crippen molar-refractivity contribution < 1.29 is 9.84 Å². The van der Waals surface area contributed by atoms with Crippen molar-refractivity contribution in [2.45, 2.75) is 57.6 Å². The molecule has 4 heteroatoms. The number of fused-ring (bicyclic) bond motifs is 3. The van der Waals surface area contributed by atoms with Crippen LogP contribution in [-0.2, 0) is 0 Å². The van der Waals surface area contributed by atoms with Crippen LogP contribution >= 0.6 is 0 Å². The van der Waals surface area contributed by atoms with Crippen LogP contribution in [0, 0.1) is 18.8 Å². The summed E-state index contributed by atoms with van der Waals surface area (Å²) in [6.45, 7) is 5.31. The Bertz CT molecular complexity index is 666. The lowest BCUT2D eigenvalue weighted by Gasteiger charge is -2.38. The molecular weight excluding hydrogens is 300 g/mol. The number of ether oxygens (including phenoxy) is 1. The van der Waals surface area contributed by atoms with Crippen molar-refractivity contribution in [3.8, 4) is 11.5 Å². The number of phenols is 1. The van der Waals surface area contributed by atoms with E-state index in [0.717, 1.165) is 25.3 Å². The highest BCUT2D eigenvalue weighted by Gasteiger charge is 2.49. The van der Waals surface area contributed by atoms with E-state index in [4.69, 9.17) is 9.73 Å². The molecule has 0 bridgehead atoms. The molecule has 4 atom stereocenters. The van der Waals surface area contributed by atoms with Crippen LogP contribution in [-0.4, -0.2) is 36.6 Å². The van der Waals surface area contributed by atoms with Crippen molar-refractivity contribution in [3.63, 3.8) is 0 Å². The molecule has 2 N–H and O–H groups in total. The largest absolute Gasteiger partial charge is 0.504 e. The Morgan fingerprint density at radius 2 is 2.08 bits per heavy atom. The van der Waals surface area contributed by atoms with Gasteiger partial charge in [0.25, 0.3) is 0 Å². The Kier molecular flexibility index (Phi) is 4.03. The quantitative estimate of drug-likeness (QED) is 0.833. The summed E-state index contributed by atoms with van der Waals surface area (Å²) >= 11 is 0. The maximum atomic E-state index is 10.3. The topological polar surface area (TPSA) is 53.9 Å². The number of hydrogen-bond donors (Lipinski definition) is 2. The molecule has 3 aliphatic rings. The molecule has 4 nitrogen and oxygen atoms in total. The van der Waals surface area contributed by atoms with Gasteiger partial charge in [-0.15, -0.1) is 0 Å². The van der Waals surface area contributed by atoms with Crippen molar-refractivity contribution in [1.29, 1.82) is 0 Å². The van der Waals surface area contributed by atoms with Crippen LogP contribution in [0.25, 0.3) is 0 Å². The summed E-state index contributed by atoms with van der Waals surface area (Å²) in [5.41, 5.74) is 3.68. The molecule has 1 aromatic carbocycles. The highest BCUT2D eigenvalue weighted by molar-refractivity contribution is 5.86. The number of nitrogens with one attached hydrogen (secondary N) is 1. The van der Waals surface area contributed by atoms with Crippen LogP contribution in [0.4, 0.5) is 0 Å². The van der Waals surface area contributed by atoms with Gasteiger partial charge in [0.2, 0.25) is 0 Å². The third-order valence-corrected chi connectivity index (χ3v) is 6.16. The Labute approximate surface area is 144 Å². The number of nitrogens with zero attached hydrogens (tertiary/aromatic N) is 1. The van der Waals surface area contributed by atoms with E-state index in [1.807, 2.05) is 13.1 Å². The van der Waals surface area contributed by atoms with E-state index >= 15 is 0 Å². The molecule has 0 aromatic heterocycles. The summed E-state index contributed by atoms with van der Waals surface area (Å²) in [6, 6.07) is 4.09. The minimum Gasteiger partial charge on any atom is -0.504 e. The number of aromatic hydroxyl groups is 1. The van der Waals surface area contributed by atoms with Gasteiger partial charge in [0.1, 0.15) is 6.10 Å². The van der Waals surface area contributed by atoms with E-state index in [-0.39, 0.29) is 11.9 Å². The maximum absolute atomic E-state index is 10.3. The van der Waals surface area contributed by atoms with E-state index in [0.29, 0.717) is 23.6 Å². The van der Waals surface area contributed by atoms with Gasteiger partial charge in [-0.25, -0.2) is 0 Å². The Balaban J connectivity index is 1.71. The molecule has 2 aliphatic carbocycles. The molecule has 4 unspecified atom stereocenters. The second kappa shape index (κ2) is 6.07. The lowest BCUT2D eigenvalue weighted by molar-refractivity contribution is 0.108. The van der Waals surface area contributed by atoms with E-state index in [1.165, 1.54) is 29.7 Å². The SMILES string of the molecule is CNC1CCC(/C(C)=N\CC2CC2)C2c3c(C)ccc(O)c3OC12. The zero-order valence-electron chi connectivity index (χ0n) is 14.9. The molecule has 24 heavy (non-hydrogen) atoms. The van der Waals surface area contributed by atoms with Crippen molar-refractivity contribution in [2.24, 2.45) is 16.8 Å². The maximum Gasteiger partial charge on any atom is 0.165 e. The van der Waals surface area contributed by atoms with Gasteiger partial charge in [-0.3, -0.25) is 4.99 Å². The number of rotatable bonds is 4. The molecule has 1 aromatic rings. The van der Waals surface area contributed by atoms with Crippen molar-refractivity contribution >= 4 is 5.71 Å². The van der Waals surface area contributed by atoms with Crippen LogP contribution in [0.2, 0.25) is 0 Å². The summed E-state index contributed by atoms with van der Waals surface area (Å²) in [6.07, 6.45) is 4.99. The third-order valence-electron chi connectivity index (χ3n) is 6.16. The lowest BCUT2D eigenvalue weighted by Crippen LogP contribution is -2.49. The molecule has 130 valence electrons. The van der Waals surface area contributed by atoms with Gasteiger partial charge in [0.15, 0.2) is 11.5 Å². The highest BCUT2D eigenvalue weighted by atomic mass is 16.5. The van der Waals surface area contributed by atoms with Crippen LogP contribution in [0.1, 0.15) is 49.7 Å². The van der Waals surface area contributed by atoms with Crippen LogP contribution in [0.3, 0.4) is 0 Å². The minimum atomic E-state index is 0.0850. The smallest absolute Gasteiger partial charge is 0.165 e. The monoisotopic (exact) mass is 328 g/mol. The summed E-state index contributed by atoms with van der Waals surface area (Å²) in [4.78, 5) is 4.92. The van der Waals surface area contributed by atoms with Gasteiger partial charge in [-0.1, -0.05) is 6.07 Å². The predicted molar refractivity (Wildman–Crippen MR) is 96.3 cm³/mol. The molecule has 0 saturated heterocycles. The average Bonchev–Trinajstić information content (AvgIpc) is 3.32. The minimum absolute atomic E-state index is 0.0850. The first-order valence-corrected chi connectivity index (χ1v) is 9.27. The van der Waals surface area contributed by atoms with Crippen molar-refractivity contribution in [3.05, 3.63) is 23.3 Å². The number of likely N-dealkylation sites (N-methyl/N-ethyl adjacent to an activating group) is 1. The average molecular weight is 328 g/mol. The van der Waals surface area contributed by atoms with Gasteiger partial charge in [0.05, 0.1) is 0 Å². The zero-order valence-corrected chi connectivity index (χ0v) is 14.9. The Hall–Kier alpha value is -1.55. The fraction of sp³-hybridized carbons (Fsp3) is 0.650. The number of aliphatic imine (C=N–C) groups is 1. The summed E-state index contributed by atoms with van der Waals surface area (Å²) in [5, 5.41) is 13.7. The molecule has 0 spiro atoms. The first kappa shape index (κ1) is 15.9. The molecule has 2 saturated carbocycles. The van der Waals surface area contributed by atoms with Gasteiger partial charge in [0, 0.05) is 35.7 Å². The number of aryl methyl sites for hydroxylation is 1. The molecule has 0 radical (unpaired) electrons. The van der Waals surface area contributed by atoms with Gasteiger partial charge in [-0.05, 0) is 64.1 Å². The number of hydrogen-bond acceptors (Lipinski definition) is 4. The normalized spacial score (nSPS) is 32.2. The lowest BCUT2D eigenvalue weighted by atomic mass is 9.70. The van der Waals surface area contributed by atoms with E-state index in [1.54, 1.807) is 6.07 Å². The van der Waals surface area contributed by atoms with Gasteiger partial charge in [-0.2, -0.15) is 0 Å². The van der Waals surface area contributed by atoms with Gasteiger partial charge < -0.3 is 15.2 Å². The van der Waals surface area contributed by atoms with Gasteiger partial charge >= 0.3 is 0 Å². The van der Waals surface area contributed by atoms with Crippen LogP contribution in [0.15, 0.2) is 17.1 Å². The van der Waals surface area contributed by atoms with Crippen LogP contribution < -0.4 is 10.1 Å². The molecule has 2 fully saturated rings. The van der Waals surface area contributed by atoms with E-state index in [2.05, 4.69) is 19.2 Å². The number of phenolic OH excluding ortho intramolecular Hbond substituents is 1. The summed E-state index contributed by atoms with van der Waals surface area (Å²) < 4.78 is 6.28. The molecule has 1 heterocycles. The molecule has 1 aliphatic heterocycles. The predicted octanol–water partition coefficient (Wildman–Crippen LogP) is 3.41. The molecular formula is C20H28N2O2. The van der Waals surface area contributed by atoms with E-state index < -0.39 is 0 Å². The zero-order chi connectivity index (χ0) is 16.8. The van der Waals surface area contributed by atoms with Crippen LogP contribution in [0.5, 0.6) is 11.5 Å². The number of benzene rings is 1. The molecule has 0 amide bonds. The summed E-state index contributed by atoms with van der Waals surface area (Å²) in [5.74, 6) is 2.50. The first-order chi connectivity index (χ1) is 11.6. The Morgan fingerprint density at radius 1 is 1.29 bits per heavy atom. The highest BCUT2D eigenvalue weighted by Crippen LogP contribution is 2.53. The van der Waals surface area contributed by atoms with Crippen molar-refractivity contribution in [2.75, 3.05) is 13.6 Å². The standard InChI is InChI=1S/C20H28N2O2/c1-11-4-9-16(23)20-17(11)18-14(12(2)22-10-13-5-6-13)7-8-15(21-3)19(18)24-20/h4,9,13-15,18-19,21,23H,5-8,10H2,1-3H3/b22-12-. The summed E-state index contributed by atoms with van der Waals surface area (Å²) in [7, 11) is 2.01. The Morgan fingerprint density at radius 3 is 2.79 bits per heavy atom. The second-order valence-corrected chi connectivity index (χ2v) is 7.76. The van der Waals surface area contributed by atoms with E-state index in [9.17, 15) is 5.11 Å². The second-order valence-electron chi connectivity index (χ2n) is 7.76. The third kappa shape index (κ3) is 2.61. The van der Waals surface area contributed by atoms with Crippen molar-refractivity contribution in [1.82, 2.24) is 5.32 Å². The fourth-order valence-electron chi connectivity index (χ4n) is 4.53. The fourth-order valence-corrected chi connectivity index (χ4v) is 4.53. The molecule has 4 rings (SSSR count). The first-order valence-electron chi connectivity index (χ1n) is 9.27.